The molecule has 0 aliphatic carbocycles. The minimum absolute atomic E-state index is 0.102. The van der Waals surface area contributed by atoms with Gasteiger partial charge in [-0.15, -0.1) is 0 Å². The Morgan fingerprint density at radius 2 is 1.84 bits per heavy atom. The summed E-state index contributed by atoms with van der Waals surface area (Å²) >= 11 is 0. The SMILES string of the molecule is O=C(CCNc1cccc(C(F)(F)F)c1)Nc1ccc2c(c1)OCO2. The number of hydrogen-bond acceptors (Lipinski definition) is 4. The van der Waals surface area contributed by atoms with Crippen LogP contribution >= 0.6 is 0 Å². The Labute approximate surface area is 141 Å². The molecule has 25 heavy (non-hydrogen) atoms. The molecule has 0 saturated heterocycles. The molecule has 1 heterocycles. The van der Waals surface area contributed by atoms with E-state index in [0.717, 1.165) is 12.1 Å². The molecule has 0 aromatic heterocycles. The van der Waals surface area contributed by atoms with Gasteiger partial charge in [0.1, 0.15) is 0 Å². The van der Waals surface area contributed by atoms with Crippen LogP contribution in [0, 0.1) is 0 Å². The van der Waals surface area contributed by atoms with Crippen molar-refractivity contribution in [2.24, 2.45) is 0 Å². The second-order valence-corrected chi connectivity index (χ2v) is 5.37. The molecule has 0 fully saturated rings. The summed E-state index contributed by atoms with van der Waals surface area (Å²) in [4.78, 5) is 11.9. The van der Waals surface area contributed by atoms with Crippen molar-refractivity contribution in [3.05, 3.63) is 48.0 Å². The molecule has 2 N–H and O–H groups in total. The fourth-order valence-corrected chi connectivity index (χ4v) is 2.32. The summed E-state index contributed by atoms with van der Waals surface area (Å²) in [5, 5.41) is 5.51. The Hall–Kier alpha value is -2.90. The van der Waals surface area contributed by atoms with Crippen LogP contribution in [-0.4, -0.2) is 19.2 Å². The van der Waals surface area contributed by atoms with Gasteiger partial charge in [0, 0.05) is 30.4 Å². The minimum Gasteiger partial charge on any atom is -0.454 e. The third kappa shape index (κ3) is 4.34. The molecule has 0 unspecified atom stereocenters. The summed E-state index contributed by atoms with van der Waals surface area (Å²) in [6, 6.07) is 9.88. The Morgan fingerprint density at radius 1 is 1.04 bits per heavy atom. The average molecular weight is 352 g/mol. The predicted molar refractivity (Wildman–Crippen MR) is 85.7 cm³/mol. The quantitative estimate of drug-likeness (QED) is 0.858. The number of alkyl halides is 3. The maximum atomic E-state index is 12.6. The van der Waals surface area contributed by atoms with Crippen molar-refractivity contribution in [1.82, 2.24) is 0 Å². The number of amides is 1. The molecule has 2 aromatic carbocycles. The first-order valence-corrected chi connectivity index (χ1v) is 7.52. The third-order valence-corrected chi connectivity index (χ3v) is 3.53. The van der Waals surface area contributed by atoms with Crippen molar-refractivity contribution in [2.75, 3.05) is 24.0 Å². The Bertz CT molecular complexity index is 778. The van der Waals surface area contributed by atoms with E-state index in [0.29, 0.717) is 22.9 Å². The van der Waals surface area contributed by atoms with Crippen LogP contribution in [-0.2, 0) is 11.0 Å². The van der Waals surface area contributed by atoms with E-state index < -0.39 is 11.7 Å². The summed E-state index contributed by atoms with van der Waals surface area (Å²) in [6.07, 6.45) is -4.29. The van der Waals surface area contributed by atoms with Crippen LogP contribution in [0.4, 0.5) is 24.5 Å². The van der Waals surface area contributed by atoms with Gasteiger partial charge in [0.2, 0.25) is 12.7 Å². The van der Waals surface area contributed by atoms with Gasteiger partial charge in [0.15, 0.2) is 11.5 Å². The normalized spacial score (nSPS) is 12.8. The molecule has 1 amide bonds. The summed E-state index contributed by atoms with van der Waals surface area (Å²) in [5.74, 6) is 0.905. The largest absolute Gasteiger partial charge is 0.454 e. The fourth-order valence-electron chi connectivity index (χ4n) is 2.32. The van der Waals surface area contributed by atoms with Crippen molar-refractivity contribution in [1.29, 1.82) is 0 Å². The van der Waals surface area contributed by atoms with Crippen LogP contribution in [0.3, 0.4) is 0 Å². The first-order valence-electron chi connectivity index (χ1n) is 7.52. The number of fused-ring (bicyclic) bond motifs is 1. The summed E-state index contributed by atoms with van der Waals surface area (Å²) in [6.45, 7) is 0.353. The van der Waals surface area contributed by atoms with Gasteiger partial charge in [-0.3, -0.25) is 4.79 Å². The highest BCUT2D eigenvalue weighted by Crippen LogP contribution is 2.34. The van der Waals surface area contributed by atoms with Gasteiger partial charge in [-0.25, -0.2) is 0 Å². The van der Waals surface area contributed by atoms with Gasteiger partial charge in [0.05, 0.1) is 5.56 Å². The van der Waals surface area contributed by atoms with E-state index >= 15 is 0 Å². The van der Waals surface area contributed by atoms with Crippen molar-refractivity contribution < 1.29 is 27.4 Å². The molecule has 0 radical (unpaired) electrons. The molecule has 0 atom stereocenters. The van der Waals surface area contributed by atoms with E-state index in [4.69, 9.17) is 9.47 Å². The molecular weight excluding hydrogens is 337 g/mol. The van der Waals surface area contributed by atoms with E-state index in [1.54, 1.807) is 18.2 Å². The number of halogens is 3. The van der Waals surface area contributed by atoms with Crippen molar-refractivity contribution in [3.63, 3.8) is 0 Å². The second kappa shape index (κ2) is 6.92. The average Bonchev–Trinajstić information content (AvgIpc) is 3.02. The lowest BCUT2D eigenvalue weighted by Gasteiger charge is -2.11. The molecular formula is C17H15F3N2O3. The second-order valence-electron chi connectivity index (χ2n) is 5.37. The first kappa shape index (κ1) is 16.9. The lowest BCUT2D eigenvalue weighted by molar-refractivity contribution is -0.137. The molecule has 0 saturated carbocycles. The van der Waals surface area contributed by atoms with Crippen LogP contribution in [0.5, 0.6) is 11.5 Å². The molecule has 1 aliphatic rings. The van der Waals surface area contributed by atoms with Crippen LogP contribution in [0.2, 0.25) is 0 Å². The Kier molecular flexibility index (Phi) is 4.69. The summed E-state index contributed by atoms with van der Waals surface area (Å²) < 4.78 is 48.3. The van der Waals surface area contributed by atoms with Gasteiger partial charge in [-0.05, 0) is 30.3 Å². The standard InChI is InChI=1S/C17H15F3N2O3/c18-17(19,20)11-2-1-3-12(8-11)21-7-6-16(23)22-13-4-5-14-15(9-13)25-10-24-14/h1-5,8-9,21H,6-7,10H2,(H,22,23). The van der Waals surface area contributed by atoms with Crippen LogP contribution in [0.1, 0.15) is 12.0 Å². The monoisotopic (exact) mass is 352 g/mol. The van der Waals surface area contributed by atoms with E-state index in [-0.39, 0.29) is 25.7 Å². The number of carbonyl (C=O) groups is 1. The van der Waals surface area contributed by atoms with Crippen molar-refractivity contribution in [2.45, 2.75) is 12.6 Å². The molecule has 5 nitrogen and oxygen atoms in total. The number of rotatable bonds is 5. The molecule has 0 bridgehead atoms. The molecule has 3 rings (SSSR count). The first-order chi connectivity index (χ1) is 11.9. The topological polar surface area (TPSA) is 59.6 Å². The number of ether oxygens (including phenoxy) is 2. The van der Waals surface area contributed by atoms with E-state index in [2.05, 4.69) is 10.6 Å². The van der Waals surface area contributed by atoms with E-state index in [1.165, 1.54) is 12.1 Å². The van der Waals surface area contributed by atoms with Gasteiger partial charge in [-0.2, -0.15) is 13.2 Å². The lowest BCUT2D eigenvalue weighted by atomic mass is 10.2. The van der Waals surface area contributed by atoms with Gasteiger partial charge < -0.3 is 20.1 Å². The highest BCUT2D eigenvalue weighted by molar-refractivity contribution is 5.91. The van der Waals surface area contributed by atoms with Crippen LogP contribution in [0.15, 0.2) is 42.5 Å². The minimum atomic E-state index is -4.39. The van der Waals surface area contributed by atoms with Crippen molar-refractivity contribution >= 4 is 17.3 Å². The molecule has 0 spiro atoms. The van der Waals surface area contributed by atoms with Crippen molar-refractivity contribution in [3.8, 4) is 11.5 Å². The molecule has 2 aromatic rings. The Balaban J connectivity index is 1.50. The van der Waals surface area contributed by atoms with Gasteiger partial charge in [-0.1, -0.05) is 6.07 Å². The summed E-state index contributed by atoms with van der Waals surface area (Å²) in [7, 11) is 0. The van der Waals surface area contributed by atoms with Crippen LogP contribution < -0.4 is 20.1 Å². The number of anilines is 2. The maximum Gasteiger partial charge on any atom is 0.416 e. The van der Waals surface area contributed by atoms with Gasteiger partial charge >= 0.3 is 6.18 Å². The highest BCUT2D eigenvalue weighted by atomic mass is 19.4. The zero-order valence-corrected chi connectivity index (χ0v) is 13.0. The number of hydrogen-bond donors (Lipinski definition) is 2. The predicted octanol–water partition coefficient (Wildman–Crippen LogP) is 3.87. The zero-order valence-electron chi connectivity index (χ0n) is 13.0. The van der Waals surface area contributed by atoms with E-state index in [1.807, 2.05) is 0 Å². The summed E-state index contributed by atoms with van der Waals surface area (Å²) in [5.41, 5.74) is 0.140. The Morgan fingerprint density at radius 3 is 2.64 bits per heavy atom. The molecule has 132 valence electrons. The zero-order chi connectivity index (χ0) is 17.9. The van der Waals surface area contributed by atoms with Crippen LogP contribution in [0.25, 0.3) is 0 Å². The number of benzene rings is 2. The molecule has 8 heteroatoms. The maximum absolute atomic E-state index is 12.6. The van der Waals surface area contributed by atoms with E-state index in [9.17, 15) is 18.0 Å². The smallest absolute Gasteiger partial charge is 0.416 e. The van der Waals surface area contributed by atoms with Gasteiger partial charge in [0.25, 0.3) is 0 Å². The fraction of sp³-hybridized carbons (Fsp3) is 0.235. The number of carbonyl (C=O) groups excluding carboxylic acids is 1. The molecule has 1 aliphatic heterocycles. The lowest BCUT2D eigenvalue weighted by Crippen LogP contribution is -2.16. The third-order valence-electron chi connectivity index (χ3n) is 3.53. The number of nitrogens with one attached hydrogen (secondary N) is 2. The highest BCUT2D eigenvalue weighted by Gasteiger charge is 2.30.